The van der Waals surface area contributed by atoms with Crippen molar-refractivity contribution in [2.24, 2.45) is 0 Å². The molecule has 0 radical (unpaired) electrons. The first-order valence-corrected chi connectivity index (χ1v) is 4.12. The molecule has 0 aromatic carbocycles. The highest BCUT2D eigenvalue weighted by Crippen LogP contribution is 1.90. The van der Waals surface area contributed by atoms with Crippen molar-refractivity contribution in [2.75, 3.05) is 19.6 Å². The molecule has 1 N–H and O–H groups in total. The lowest BCUT2D eigenvalue weighted by molar-refractivity contribution is -0.121. The molecule has 0 bridgehead atoms. The standard InChI is InChI=1S/C7H14ClNO2/c1-3-7(10)9-6(4-8)5-11-2/h6H,3-5H2,1-2H3,(H,9,10). The first-order chi connectivity index (χ1) is 5.24. The Balaban J connectivity index is 3.58. The number of hydrogen-bond acceptors (Lipinski definition) is 2. The van der Waals surface area contributed by atoms with Gasteiger partial charge < -0.3 is 10.1 Å². The minimum Gasteiger partial charge on any atom is -0.383 e. The molecule has 0 heterocycles. The summed E-state index contributed by atoms with van der Waals surface area (Å²) < 4.78 is 4.84. The van der Waals surface area contributed by atoms with Gasteiger partial charge in [0.05, 0.1) is 12.6 Å². The summed E-state index contributed by atoms with van der Waals surface area (Å²) >= 11 is 5.55. The summed E-state index contributed by atoms with van der Waals surface area (Å²) in [6, 6.07) is -0.0610. The van der Waals surface area contributed by atoms with Crippen LogP contribution in [0, 0.1) is 0 Å². The Morgan fingerprint density at radius 1 is 1.73 bits per heavy atom. The number of carbonyl (C=O) groups excluding carboxylic acids is 1. The van der Waals surface area contributed by atoms with Gasteiger partial charge in [0.25, 0.3) is 0 Å². The number of alkyl halides is 1. The van der Waals surface area contributed by atoms with E-state index in [1.165, 1.54) is 0 Å². The lowest BCUT2D eigenvalue weighted by Crippen LogP contribution is -2.38. The van der Waals surface area contributed by atoms with Gasteiger partial charge in [0, 0.05) is 19.4 Å². The highest BCUT2D eigenvalue weighted by atomic mass is 35.5. The van der Waals surface area contributed by atoms with E-state index >= 15 is 0 Å². The zero-order valence-corrected chi connectivity index (χ0v) is 7.65. The molecule has 0 aliphatic rings. The van der Waals surface area contributed by atoms with Crippen LogP contribution in [0.5, 0.6) is 0 Å². The molecule has 66 valence electrons. The largest absolute Gasteiger partial charge is 0.383 e. The summed E-state index contributed by atoms with van der Waals surface area (Å²) in [4.78, 5) is 10.8. The molecular weight excluding hydrogens is 166 g/mol. The normalized spacial score (nSPS) is 12.6. The van der Waals surface area contributed by atoms with Crippen LogP contribution in [0.25, 0.3) is 0 Å². The third-order valence-corrected chi connectivity index (χ3v) is 1.61. The number of carbonyl (C=O) groups is 1. The molecule has 0 saturated heterocycles. The molecule has 4 heteroatoms. The van der Waals surface area contributed by atoms with Crippen LogP contribution in [0.1, 0.15) is 13.3 Å². The monoisotopic (exact) mass is 179 g/mol. The van der Waals surface area contributed by atoms with Crippen LogP contribution in [0.15, 0.2) is 0 Å². The molecule has 0 rings (SSSR count). The summed E-state index contributed by atoms with van der Waals surface area (Å²) in [6.07, 6.45) is 0.483. The van der Waals surface area contributed by atoms with Crippen molar-refractivity contribution in [1.82, 2.24) is 5.32 Å². The number of methoxy groups -OCH3 is 1. The molecule has 1 atom stereocenters. The Morgan fingerprint density at radius 2 is 2.36 bits per heavy atom. The lowest BCUT2D eigenvalue weighted by atomic mass is 10.3. The van der Waals surface area contributed by atoms with E-state index in [1.54, 1.807) is 14.0 Å². The van der Waals surface area contributed by atoms with Crippen molar-refractivity contribution in [1.29, 1.82) is 0 Å². The quantitative estimate of drug-likeness (QED) is 0.634. The average Bonchev–Trinajstić information content (AvgIpc) is 2.03. The summed E-state index contributed by atoms with van der Waals surface area (Å²) in [5.74, 6) is 0.396. The molecular formula is C7H14ClNO2. The highest BCUT2D eigenvalue weighted by Gasteiger charge is 2.08. The van der Waals surface area contributed by atoms with Crippen LogP contribution < -0.4 is 5.32 Å². The lowest BCUT2D eigenvalue weighted by Gasteiger charge is -2.13. The van der Waals surface area contributed by atoms with Crippen molar-refractivity contribution >= 4 is 17.5 Å². The Labute approximate surface area is 72.1 Å². The molecule has 0 saturated carbocycles. The Kier molecular flexibility index (Phi) is 6.27. The van der Waals surface area contributed by atoms with Gasteiger partial charge in [-0.15, -0.1) is 11.6 Å². The third-order valence-electron chi connectivity index (χ3n) is 1.24. The second-order valence-electron chi connectivity index (χ2n) is 2.23. The predicted octanol–water partition coefficient (Wildman–Crippen LogP) is 0.766. The Morgan fingerprint density at radius 3 is 2.73 bits per heavy atom. The second-order valence-corrected chi connectivity index (χ2v) is 2.54. The minimum atomic E-state index is -0.0610. The smallest absolute Gasteiger partial charge is 0.220 e. The maximum Gasteiger partial charge on any atom is 0.220 e. The molecule has 0 aliphatic heterocycles. The maximum absolute atomic E-state index is 10.8. The van der Waals surface area contributed by atoms with Gasteiger partial charge in [-0.3, -0.25) is 4.79 Å². The molecule has 0 spiro atoms. The van der Waals surface area contributed by atoms with Crippen molar-refractivity contribution < 1.29 is 9.53 Å². The first-order valence-electron chi connectivity index (χ1n) is 3.58. The van der Waals surface area contributed by atoms with E-state index in [9.17, 15) is 4.79 Å². The first kappa shape index (κ1) is 10.7. The van der Waals surface area contributed by atoms with Crippen LogP contribution in [0.2, 0.25) is 0 Å². The van der Waals surface area contributed by atoms with E-state index in [2.05, 4.69) is 5.32 Å². The summed E-state index contributed by atoms with van der Waals surface area (Å²) in [6.45, 7) is 2.27. The van der Waals surface area contributed by atoms with E-state index in [0.717, 1.165) is 0 Å². The number of nitrogens with one attached hydrogen (secondary N) is 1. The van der Waals surface area contributed by atoms with Crippen LogP contribution in [-0.2, 0) is 9.53 Å². The van der Waals surface area contributed by atoms with Crippen LogP contribution in [0.3, 0.4) is 0 Å². The van der Waals surface area contributed by atoms with Crippen molar-refractivity contribution in [2.45, 2.75) is 19.4 Å². The third kappa shape index (κ3) is 5.04. The summed E-state index contributed by atoms with van der Waals surface area (Å²) in [7, 11) is 1.58. The maximum atomic E-state index is 10.8. The zero-order chi connectivity index (χ0) is 8.69. The van der Waals surface area contributed by atoms with Crippen LogP contribution in [0.4, 0.5) is 0 Å². The van der Waals surface area contributed by atoms with E-state index in [4.69, 9.17) is 16.3 Å². The topological polar surface area (TPSA) is 38.3 Å². The number of rotatable bonds is 5. The average molecular weight is 180 g/mol. The van der Waals surface area contributed by atoms with Crippen LogP contribution in [-0.4, -0.2) is 31.5 Å². The SMILES string of the molecule is CCC(=O)NC(CCl)COC. The van der Waals surface area contributed by atoms with Gasteiger partial charge in [0.2, 0.25) is 5.91 Å². The van der Waals surface area contributed by atoms with Crippen molar-refractivity contribution in [3.8, 4) is 0 Å². The second kappa shape index (κ2) is 6.43. The van der Waals surface area contributed by atoms with Crippen molar-refractivity contribution in [3.63, 3.8) is 0 Å². The molecule has 0 aromatic heterocycles. The molecule has 3 nitrogen and oxygen atoms in total. The van der Waals surface area contributed by atoms with E-state index in [0.29, 0.717) is 18.9 Å². The highest BCUT2D eigenvalue weighted by molar-refractivity contribution is 6.18. The van der Waals surface area contributed by atoms with E-state index < -0.39 is 0 Å². The molecule has 1 amide bonds. The predicted molar refractivity (Wildman–Crippen MR) is 44.8 cm³/mol. The minimum absolute atomic E-state index is 0.00713. The fourth-order valence-corrected chi connectivity index (χ4v) is 0.822. The fourth-order valence-electron chi connectivity index (χ4n) is 0.656. The summed E-state index contributed by atoms with van der Waals surface area (Å²) in [5, 5.41) is 2.72. The number of amides is 1. The fraction of sp³-hybridized carbons (Fsp3) is 0.857. The van der Waals surface area contributed by atoms with Crippen LogP contribution >= 0.6 is 11.6 Å². The van der Waals surface area contributed by atoms with Crippen molar-refractivity contribution in [3.05, 3.63) is 0 Å². The van der Waals surface area contributed by atoms with Gasteiger partial charge in [-0.25, -0.2) is 0 Å². The van der Waals surface area contributed by atoms with Gasteiger partial charge in [0.15, 0.2) is 0 Å². The van der Waals surface area contributed by atoms with Gasteiger partial charge in [-0.1, -0.05) is 6.92 Å². The van der Waals surface area contributed by atoms with Gasteiger partial charge in [0.1, 0.15) is 0 Å². The molecule has 0 fully saturated rings. The van der Waals surface area contributed by atoms with Gasteiger partial charge >= 0.3 is 0 Å². The number of ether oxygens (including phenoxy) is 1. The van der Waals surface area contributed by atoms with Gasteiger partial charge in [-0.2, -0.15) is 0 Å². The summed E-state index contributed by atoms with van der Waals surface area (Å²) in [5.41, 5.74) is 0. The number of halogens is 1. The van der Waals surface area contributed by atoms with E-state index in [-0.39, 0.29) is 11.9 Å². The molecule has 11 heavy (non-hydrogen) atoms. The molecule has 1 unspecified atom stereocenters. The zero-order valence-electron chi connectivity index (χ0n) is 6.89. The Hall–Kier alpha value is -0.280. The molecule has 0 aromatic rings. The Bertz CT molecular complexity index is 119. The van der Waals surface area contributed by atoms with E-state index in [1.807, 2.05) is 0 Å². The molecule has 0 aliphatic carbocycles. The number of hydrogen-bond donors (Lipinski definition) is 1. The van der Waals surface area contributed by atoms with Gasteiger partial charge in [-0.05, 0) is 0 Å².